The Morgan fingerprint density at radius 3 is 1.95 bits per heavy atom. The average Bonchev–Trinajstić information content (AvgIpc) is 2.47. The molecule has 4 nitrogen and oxygen atoms in total. The van der Waals surface area contributed by atoms with Crippen LogP contribution < -0.4 is 0 Å². The summed E-state index contributed by atoms with van der Waals surface area (Å²) >= 11 is 0. The van der Waals surface area contributed by atoms with Gasteiger partial charge in [-0.05, 0) is 39.9 Å². The van der Waals surface area contributed by atoms with Gasteiger partial charge in [0.2, 0.25) is 0 Å². The molecule has 0 aromatic heterocycles. The summed E-state index contributed by atoms with van der Waals surface area (Å²) in [4.78, 5) is 24.1. The normalized spacial score (nSPS) is 12.6. The van der Waals surface area contributed by atoms with Gasteiger partial charge in [0.1, 0.15) is 0 Å². The minimum atomic E-state index is -0.447. The lowest BCUT2D eigenvalue weighted by Gasteiger charge is -2.14. The van der Waals surface area contributed by atoms with Crippen molar-refractivity contribution in [2.75, 3.05) is 20.6 Å². The van der Waals surface area contributed by atoms with E-state index in [1.807, 2.05) is 14.1 Å². The number of carbonyl (C=O) groups is 1. The van der Waals surface area contributed by atoms with Crippen LogP contribution in [0.4, 0.5) is 0 Å². The van der Waals surface area contributed by atoms with Gasteiger partial charge in [-0.25, -0.2) is 0 Å². The fourth-order valence-corrected chi connectivity index (χ4v) is 2.64. The highest BCUT2D eigenvalue weighted by Crippen LogP contribution is 2.19. The van der Waals surface area contributed by atoms with Crippen molar-refractivity contribution in [2.45, 2.75) is 77.6 Å². The number of rotatable bonds is 14. The van der Waals surface area contributed by atoms with Crippen LogP contribution in [0.25, 0.3) is 0 Å². The second kappa shape index (κ2) is 14.2. The van der Waals surface area contributed by atoms with Crippen molar-refractivity contribution in [3.05, 3.63) is 4.91 Å². The molecule has 0 aliphatic heterocycles. The van der Waals surface area contributed by atoms with Crippen LogP contribution in [0.15, 0.2) is 5.18 Å². The molecule has 1 atom stereocenters. The lowest BCUT2D eigenvalue weighted by Crippen LogP contribution is -2.17. The highest BCUT2D eigenvalue weighted by molar-refractivity contribution is 5.79. The Morgan fingerprint density at radius 1 is 0.905 bits per heavy atom. The van der Waals surface area contributed by atoms with Crippen molar-refractivity contribution in [3.63, 3.8) is 0 Å². The Bertz CT molecular complexity index is 268. The summed E-state index contributed by atoms with van der Waals surface area (Å²) in [5.74, 6) is -0.598. The lowest BCUT2D eigenvalue weighted by molar-refractivity contribution is -0.122. The molecule has 4 heteroatoms. The summed E-state index contributed by atoms with van der Waals surface area (Å²) in [6.07, 6.45) is 12.6. The van der Waals surface area contributed by atoms with E-state index in [-0.39, 0.29) is 5.92 Å². The van der Waals surface area contributed by atoms with Crippen LogP contribution in [0, 0.1) is 10.8 Å². The molecule has 1 amide bonds. The van der Waals surface area contributed by atoms with Crippen molar-refractivity contribution < 1.29 is 4.79 Å². The van der Waals surface area contributed by atoms with Gasteiger partial charge in [0.15, 0.2) is 0 Å². The van der Waals surface area contributed by atoms with Crippen LogP contribution in [0.3, 0.4) is 0 Å². The quantitative estimate of drug-likeness (QED) is 0.343. The lowest BCUT2D eigenvalue weighted by atomic mass is 9.95. The molecule has 0 bridgehead atoms. The maximum Gasteiger partial charge on any atom is 0.289 e. The number of nitrogens with zero attached hydrogens (tertiary/aromatic N) is 2. The zero-order valence-corrected chi connectivity index (χ0v) is 14.3. The van der Waals surface area contributed by atoms with Crippen LogP contribution in [-0.4, -0.2) is 31.4 Å². The number of nitroso groups, excluding NO2 is 1. The van der Waals surface area contributed by atoms with Crippen molar-refractivity contribution in [1.82, 2.24) is 4.90 Å². The van der Waals surface area contributed by atoms with E-state index in [2.05, 4.69) is 17.0 Å². The van der Waals surface area contributed by atoms with E-state index in [0.717, 1.165) is 32.2 Å². The maximum atomic E-state index is 11.5. The molecule has 21 heavy (non-hydrogen) atoms. The van der Waals surface area contributed by atoms with Gasteiger partial charge in [-0.15, -0.1) is 4.91 Å². The molecule has 0 rings (SSSR count). The Morgan fingerprint density at radius 2 is 1.43 bits per heavy atom. The Kier molecular flexibility index (Phi) is 13.7. The van der Waals surface area contributed by atoms with E-state index in [1.165, 1.54) is 44.9 Å². The van der Waals surface area contributed by atoms with Gasteiger partial charge in [-0.2, -0.15) is 0 Å². The molecule has 0 fully saturated rings. The molecule has 0 saturated heterocycles. The standard InChI is InChI=1S/C17H34N2O2/c1-4-5-6-7-8-9-10-11-13-16(17(20)18-21)14-12-15-19(2)3/h16H,4-15H2,1-3H3. The van der Waals surface area contributed by atoms with E-state index < -0.39 is 5.91 Å². The van der Waals surface area contributed by atoms with Crippen LogP contribution in [0.5, 0.6) is 0 Å². The van der Waals surface area contributed by atoms with Gasteiger partial charge in [0.25, 0.3) is 5.91 Å². The molecule has 0 spiro atoms. The third-order valence-corrected chi connectivity index (χ3v) is 4.00. The number of hydrogen-bond donors (Lipinski definition) is 0. The topological polar surface area (TPSA) is 49.7 Å². The highest BCUT2D eigenvalue weighted by Gasteiger charge is 2.18. The molecule has 0 heterocycles. The van der Waals surface area contributed by atoms with Gasteiger partial charge in [0.05, 0.1) is 0 Å². The molecule has 0 radical (unpaired) electrons. The molecule has 0 aliphatic carbocycles. The van der Waals surface area contributed by atoms with Crippen LogP contribution in [0.1, 0.15) is 77.6 Å². The van der Waals surface area contributed by atoms with Gasteiger partial charge in [0, 0.05) is 11.1 Å². The monoisotopic (exact) mass is 298 g/mol. The molecule has 0 aliphatic rings. The first-order chi connectivity index (χ1) is 10.1. The predicted octanol–water partition coefficient (Wildman–Crippen LogP) is 4.77. The van der Waals surface area contributed by atoms with Crippen molar-refractivity contribution >= 4 is 5.91 Å². The first-order valence-corrected chi connectivity index (χ1v) is 8.63. The van der Waals surface area contributed by atoms with Gasteiger partial charge in [-0.1, -0.05) is 58.3 Å². The summed E-state index contributed by atoms with van der Waals surface area (Å²) in [7, 11) is 4.04. The third-order valence-electron chi connectivity index (χ3n) is 4.00. The highest BCUT2D eigenvalue weighted by atomic mass is 16.3. The molecular formula is C17H34N2O2. The van der Waals surface area contributed by atoms with E-state index in [1.54, 1.807) is 0 Å². The minimum Gasteiger partial charge on any atom is -0.309 e. The van der Waals surface area contributed by atoms with Crippen LogP contribution in [0.2, 0.25) is 0 Å². The van der Waals surface area contributed by atoms with E-state index in [9.17, 15) is 9.70 Å². The molecule has 124 valence electrons. The average molecular weight is 298 g/mol. The van der Waals surface area contributed by atoms with E-state index in [0.29, 0.717) is 0 Å². The smallest absolute Gasteiger partial charge is 0.289 e. The Labute approximate surface area is 130 Å². The van der Waals surface area contributed by atoms with Crippen LogP contribution in [-0.2, 0) is 4.79 Å². The number of amides is 1. The molecule has 0 aromatic carbocycles. The SMILES string of the molecule is CCCCCCCCCCC(CCCN(C)C)C(=O)N=O. The first-order valence-electron chi connectivity index (χ1n) is 8.63. The van der Waals surface area contributed by atoms with E-state index >= 15 is 0 Å². The number of unbranched alkanes of at least 4 members (excludes halogenated alkanes) is 7. The predicted molar refractivity (Wildman–Crippen MR) is 89.3 cm³/mol. The van der Waals surface area contributed by atoms with E-state index in [4.69, 9.17) is 0 Å². The zero-order valence-electron chi connectivity index (χ0n) is 14.3. The van der Waals surface area contributed by atoms with Crippen molar-refractivity contribution in [1.29, 1.82) is 0 Å². The first kappa shape index (κ1) is 20.2. The molecular weight excluding hydrogens is 264 g/mol. The van der Waals surface area contributed by atoms with Crippen molar-refractivity contribution in [3.8, 4) is 0 Å². The molecule has 0 aromatic rings. The summed E-state index contributed by atoms with van der Waals surface area (Å²) in [6.45, 7) is 3.19. The summed E-state index contributed by atoms with van der Waals surface area (Å²) in [5.41, 5.74) is 0. The molecule has 1 unspecified atom stereocenters. The fraction of sp³-hybridized carbons (Fsp3) is 0.941. The third kappa shape index (κ3) is 12.7. The second-order valence-corrected chi connectivity index (χ2v) is 6.34. The van der Waals surface area contributed by atoms with Gasteiger partial charge in [-0.3, -0.25) is 4.79 Å². The summed E-state index contributed by atoms with van der Waals surface area (Å²) < 4.78 is 0. The molecule has 0 saturated carbocycles. The Hall–Kier alpha value is -0.770. The second-order valence-electron chi connectivity index (χ2n) is 6.34. The summed E-state index contributed by atoms with van der Waals surface area (Å²) in [6, 6.07) is 0. The Balaban J connectivity index is 3.71. The largest absolute Gasteiger partial charge is 0.309 e. The summed E-state index contributed by atoms with van der Waals surface area (Å²) in [5, 5.41) is 2.63. The van der Waals surface area contributed by atoms with Crippen LogP contribution >= 0.6 is 0 Å². The maximum absolute atomic E-state index is 11.5. The number of carbonyl (C=O) groups excluding carboxylic acids is 1. The molecule has 0 N–H and O–H groups in total. The fourth-order valence-electron chi connectivity index (χ4n) is 2.64. The van der Waals surface area contributed by atoms with Gasteiger partial charge >= 0.3 is 0 Å². The van der Waals surface area contributed by atoms with Crippen molar-refractivity contribution in [2.24, 2.45) is 11.1 Å². The zero-order chi connectivity index (χ0) is 15.9. The van der Waals surface area contributed by atoms with Gasteiger partial charge < -0.3 is 4.90 Å². The minimum absolute atomic E-state index is 0.150. The number of hydrogen-bond acceptors (Lipinski definition) is 3.